The maximum absolute atomic E-state index is 8.88. The van der Waals surface area contributed by atoms with Gasteiger partial charge in [-0.3, -0.25) is 9.88 Å². The molecule has 1 rings (SSSR count). The van der Waals surface area contributed by atoms with Gasteiger partial charge < -0.3 is 5.73 Å². The molecule has 2 unspecified atom stereocenters. The molecule has 0 aromatic carbocycles. The van der Waals surface area contributed by atoms with Gasteiger partial charge >= 0.3 is 0 Å². The average Bonchev–Trinajstić information content (AvgIpc) is 2.45. The van der Waals surface area contributed by atoms with Gasteiger partial charge in [0.15, 0.2) is 0 Å². The van der Waals surface area contributed by atoms with Crippen molar-refractivity contribution in [2.75, 3.05) is 13.1 Å². The molecule has 20 heavy (non-hydrogen) atoms. The van der Waals surface area contributed by atoms with Crippen LogP contribution in [0.5, 0.6) is 0 Å². The molecule has 0 radical (unpaired) electrons. The van der Waals surface area contributed by atoms with Gasteiger partial charge in [0.05, 0.1) is 12.1 Å². The van der Waals surface area contributed by atoms with Crippen LogP contribution in [-0.4, -0.2) is 29.0 Å². The quantitative estimate of drug-likeness (QED) is 0.791. The van der Waals surface area contributed by atoms with Gasteiger partial charge in [0.25, 0.3) is 0 Å². The van der Waals surface area contributed by atoms with Crippen molar-refractivity contribution in [1.29, 1.82) is 5.26 Å². The summed E-state index contributed by atoms with van der Waals surface area (Å²) in [6, 6.07) is 6.51. The second kappa shape index (κ2) is 8.68. The molecule has 0 saturated heterocycles. The van der Waals surface area contributed by atoms with Crippen molar-refractivity contribution >= 4 is 0 Å². The number of nitrogens with zero attached hydrogens (tertiary/aromatic N) is 3. The lowest BCUT2D eigenvalue weighted by molar-refractivity contribution is 0.154. The molecular formula is C16H26N4. The molecule has 0 amide bonds. The Labute approximate surface area is 122 Å². The third-order valence-corrected chi connectivity index (χ3v) is 3.43. The highest BCUT2D eigenvalue weighted by Gasteiger charge is 2.25. The van der Waals surface area contributed by atoms with Crippen LogP contribution in [0.15, 0.2) is 24.5 Å². The van der Waals surface area contributed by atoms with E-state index < -0.39 is 0 Å². The van der Waals surface area contributed by atoms with Crippen molar-refractivity contribution in [3.05, 3.63) is 30.1 Å². The zero-order valence-corrected chi connectivity index (χ0v) is 12.8. The molecular weight excluding hydrogens is 248 g/mol. The van der Waals surface area contributed by atoms with Crippen molar-refractivity contribution in [3.63, 3.8) is 0 Å². The number of nitrogens with two attached hydrogens (primary N) is 1. The monoisotopic (exact) mass is 274 g/mol. The number of nitriles is 1. The van der Waals surface area contributed by atoms with E-state index in [1.54, 1.807) is 0 Å². The zero-order chi connectivity index (χ0) is 15.0. The fourth-order valence-corrected chi connectivity index (χ4v) is 2.52. The fourth-order valence-electron chi connectivity index (χ4n) is 2.52. The fraction of sp³-hybridized carbons (Fsp3) is 0.625. The Hall–Kier alpha value is -1.44. The second-order valence-corrected chi connectivity index (χ2v) is 5.59. The third-order valence-electron chi connectivity index (χ3n) is 3.43. The Balaban J connectivity index is 3.01. The smallest absolute Gasteiger partial charge is 0.0635 e. The minimum Gasteiger partial charge on any atom is -0.326 e. The van der Waals surface area contributed by atoms with Crippen molar-refractivity contribution in [3.8, 4) is 6.07 Å². The molecule has 1 aromatic rings. The summed E-state index contributed by atoms with van der Waals surface area (Å²) in [5.41, 5.74) is 7.54. The van der Waals surface area contributed by atoms with Gasteiger partial charge in [0.1, 0.15) is 0 Å². The van der Waals surface area contributed by atoms with Crippen molar-refractivity contribution in [1.82, 2.24) is 9.88 Å². The van der Waals surface area contributed by atoms with Gasteiger partial charge in [-0.1, -0.05) is 20.8 Å². The van der Waals surface area contributed by atoms with Crippen LogP contribution in [0.1, 0.15) is 45.2 Å². The zero-order valence-electron chi connectivity index (χ0n) is 12.8. The standard InChI is InChI=1S/C16H26N4/c1-4-15(18)16(14-6-9-19-10-7-14)20(11-5-8-17)12-13(2)3/h6-7,9-10,13,15-16H,4-5,11-12,18H2,1-3H3. The van der Waals surface area contributed by atoms with Crippen molar-refractivity contribution in [2.24, 2.45) is 11.7 Å². The number of hydrogen-bond donors (Lipinski definition) is 1. The van der Waals surface area contributed by atoms with E-state index in [9.17, 15) is 0 Å². The van der Waals surface area contributed by atoms with E-state index in [-0.39, 0.29) is 12.1 Å². The first kappa shape index (κ1) is 16.6. The van der Waals surface area contributed by atoms with Gasteiger partial charge in [-0.2, -0.15) is 5.26 Å². The van der Waals surface area contributed by atoms with E-state index >= 15 is 0 Å². The van der Waals surface area contributed by atoms with E-state index in [1.807, 2.05) is 24.5 Å². The molecule has 0 saturated carbocycles. The van der Waals surface area contributed by atoms with Gasteiger partial charge in [-0.25, -0.2) is 0 Å². The lowest BCUT2D eigenvalue weighted by Gasteiger charge is -2.36. The molecule has 0 bridgehead atoms. The van der Waals surface area contributed by atoms with Crippen LogP contribution in [0, 0.1) is 17.2 Å². The highest BCUT2D eigenvalue weighted by molar-refractivity contribution is 5.17. The molecule has 1 heterocycles. The van der Waals surface area contributed by atoms with Crippen LogP contribution in [0.4, 0.5) is 0 Å². The van der Waals surface area contributed by atoms with E-state index in [4.69, 9.17) is 11.0 Å². The van der Waals surface area contributed by atoms with Gasteiger partial charge in [0, 0.05) is 37.9 Å². The Kier molecular flexibility index (Phi) is 7.21. The first-order valence-corrected chi connectivity index (χ1v) is 7.36. The van der Waals surface area contributed by atoms with Crippen LogP contribution >= 0.6 is 0 Å². The van der Waals surface area contributed by atoms with E-state index in [0.29, 0.717) is 12.3 Å². The molecule has 110 valence electrons. The first-order chi connectivity index (χ1) is 9.60. The molecule has 1 aromatic heterocycles. The van der Waals surface area contributed by atoms with Crippen LogP contribution in [0.25, 0.3) is 0 Å². The van der Waals surface area contributed by atoms with E-state index in [0.717, 1.165) is 19.5 Å². The molecule has 0 aliphatic rings. The predicted molar refractivity (Wildman–Crippen MR) is 81.9 cm³/mol. The summed E-state index contributed by atoms with van der Waals surface area (Å²) in [4.78, 5) is 6.43. The van der Waals surface area contributed by atoms with Crippen LogP contribution in [0.3, 0.4) is 0 Å². The van der Waals surface area contributed by atoms with Crippen LogP contribution in [-0.2, 0) is 0 Å². The van der Waals surface area contributed by atoms with Crippen molar-refractivity contribution in [2.45, 2.75) is 45.7 Å². The summed E-state index contributed by atoms with van der Waals surface area (Å²) in [6.45, 7) is 8.20. The Morgan fingerprint density at radius 1 is 1.35 bits per heavy atom. The Morgan fingerprint density at radius 2 is 2.00 bits per heavy atom. The molecule has 4 nitrogen and oxygen atoms in total. The highest BCUT2D eigenvalue weighted by atomic mass is 15.2. The number of pyridine rings is 1. The Morgan fingerprint density at radius 3 is 2.50 bits per heavy atom. The third kappa shape index (κ3) is 4.92. The maximum atomic E-state index is 8.88. The molecule has 0 spiro atoms. The predicted octanol–water partition coefficient (Wildman–Crippen LogP) is 2.73. The molecule has 4 heteroatoms. The summed E-state index contributed by atoms with van der Waals surface area (Å²) in [5.74, 6) is 0.544. The number of hydrogen-bond acceptors (Lipinski definition) is 4. The summed E-state index contributed by atoms with van der Waals surface area (Å²) in [6.07, 6.45) is 5.06. The minimum absolute atomic E-state index is 0.0647. The summed E-state index contributed by atoms with van der Waals surface area (Å²) >= 11 is 0. The lowest BCUT2D eigenvalue weighted by Crippen LogP contribution is -2.43. The maximum Gasteiger partial charge on any atom is 0.0635 e. The van der Waals surface area contributed by atoms with Crippen molar-refractivity contribution < 1.29 is 0 Å². The summed E-state index contributed by atoms with van der Waals surface area (Å²) in [5, 5.41) is 8.88. The minimum atomic E-state index is 0.0647. The molecule has 0 aliphatic heterocycles. The van der Waals surface area contributed by atoms with Gasteiger partial charge in [-0.15, -0.1) is 0 Å². The molecule has 0 fully saturated rings. The molecule has 0 aliphatic carbocycles. The number of aromatic nitrogens is 1. The number of rotatable bonds is 8. The van der Waals surface area contributed by atoms with Gasteiger partial charge in [-0.05, 0) is 30.0 Å². The topological polar surface area (TPSA) is 65.9 Å². The van der Waals surface area contributed by atoms with Crippen LogP contribution in [0.2, 0.25) is 0 Å². The first-order valence-electron chi connectivity index (χ1n) is 7.36. The largest absolute Gasteiger partial charge is 0.326 e. The average molecular weight is 274 g/mol. The molecule has 2 atom stereocenters. The Bertz CT molecular complexity index is 410. The molecule has 2 N–H and O–H groups in total. The van der Waals surface area contributed by atoms with E-state index in [2.05, 4.69) is 36.7 Å². The van der Waals surface area contributed by atoms with Crippen LogP contribution < -0.4 is 5.73 Å². The SMILES string of the molecule is CCC(N)C(c1ccncc1)N(CCC#N)CC(C)C. The summed E-state index contributed by atoms with van der Waals surface area (Å²) < 4.78 is 0. The van der Waals surface area contributed by atoms with E-state index in [1.165, 1.54) is 5.56 Å². The second-order valence-electron chi connectivity index (χ2n) is 5.59. The summed E-state index contributed by atoms with van der Waals surface area (Å²) in [7, 11) is 0. The normalized spacial score (nSPS) is 14.2. The lowest BCUT2D eigenvalue weighted by atomic mass is 9.96. The van der Waals surface area contributed by atoms with Gasteiger partial charge in [0.2, 0.25) is 0 Å². The highest BCUT2D eigenvalue weighted by Crippen LogP contribution is 2.25.